The van der Waals surface area contributed by atoms with Gasteiger partial charge in [-0.3, -0.25) is 0 Å². The summed E-state index contributed by atoms with van der Waals surface area (Å²) < 4.78 is 13.1. The van der Waals surface area contributed by atoms with Crippen LogP contribution in [0.1, 0.15) is 11.1 Å². The van der Waals surface area contributed by atoms with Gasteiger partial charge in [0.05, 0.1) is 13.6 Å². The molecule has 0 saturated heterocycles. The highest BCUT2D eigenvalue weighted by molar-refractivity contribution is 7.80. The summed E-state index contributed by atoms with van der Waals surface area (Å²) in [6.45, 7) is 6.69. The van der Waals surface area contributed by atoms with Crippen molar-refractivity contribution in [3.63, 3.8) is 0 Å². The zero-order chi connectivity index (χ0) is 13.1. The van der Waals surface area contributed by atoms with Gasteiger partial charge in [-0.25, -0.2) is 4.39 Å². The Bertz CT molecular complexity index is 474. The standard InChI is InChI=1S/C12H15FN2SSi/c1-17(2,3)8-15-12(16)9-4-5-11(13)10(6-9)7-14/h4-6H,8H2,1-3H3,(H,15,16). The van der Waals surface area contributed by atoms with Gasteiger partial charge in [-0.2, -0.15) is 5.26 Å². The van der Waals surface area contributed by atoms with Crippen LogP contribution in [-0.4, -0.2) is 19.2 Å². The lowest BCUT2D eigenvalue weighted by molar-refractivity contribution is 0.624. The van der Waals surface area contributed by atoms with E-state index < -0.39 is 13.9 Å². The second-order valence-corrected chi connectivity index (χ2v) is 10.9. The van der Waals surface area contributed by atoms with Crippen LogP contribution in [-0.2, 0) is 0 Å². The molecule has 0 amide bonds. The summed E-state index contributed by atoms with van der Waals surface area (Å²) in [4.78, 5) is 0.573. The second kappa shape index (κ2) is 5.39. The minimum Gasteiger partial charge on any atom is -0.379 e. The lowest BCUT2D eigenvalue weighted by Crippen LogP contribution is -2.39. The molecular weight excluding hydrogens is 251 g/mol. The molecule has 5 heteroatoms. The van der Waals surface area contributed by atoms with Crippen LogP contribution in [0.3, 0.4) is 0 Å². The predicted octanol–water partition coefficient (Wildman–Crippen LogP) is 2.84. The van der Waals surface area contributed by atoms with Gasteiger partial charge in [-0.1, -0.05) is 31.9 Å². The van der Waals surface area contributed by atoms with Crippen LogP contribution in [0.2, 0.25) is 19.6 Å². The number of halogens is 1. The van der Waals surface area contributed by atoms with E-state index in [1.165, 1.54) is 12.1 Å². The normalized spacial score (nSPS) is 10.8. The number of nitrogens with one attached hydrogen (secondary N) is 1. The highest BCUT2D eigenvalue weighted by Gasteiger charge is 2.14. The zero-order valence-corrected chi connectivity index (χ0v) is 12.0. The van der Waals surface area contributed by atoms with Crippen molar-refractivity contribution in [2.75, 3.05) is 6.17 Å². The first-order chi connectivity index (χ1) is 7.83. The van der Waals surface area contributed by atoms with Gasteiger partial charge >= 0.3 is 0 Å². The molecule has 1 N–H and O–H groups in total. The fourth-order valence-corrected chi connectivity index (χ4v) is 2.23. The molecule has 0 aliphatic rings. The number of nitrogens with zero attached hydrogens (tertiary/aromatic N) is 1. The maximum absolute atomic E-state index is 13.1. The van der Waals surface area contributed by atoms with Crippen molar-refractivity contribution >= 4 is 25.3 Å². The van der Waals surface area contributed by atoms with E-state index in [1.807, 2.05) is 6.07 Å². The van der Waals surface area contributed by atoms with Crippen molar-refractivity contribution in [3.8, 4) is 6.07 Å². The van der Waals surface area contributed by atoms with E-state index in [1.54, 1.807) is 6.07 Å². The first-order valence-corrected chi connectivity index (χ1v) is 9.43. The van der Waals surface area contributed by atoms with Gasteiger partial charge in [0.25, 0.3) is 0 Å². The van der Waals surface area contributed by atoms with Crippen LogP contribution in [0.5, 0.6) is 0 Å². The summed E-state index contributed by atoms with van der Waals surface area (Å²) >= 11 is 5.22. The van der Waals surface area contributed by atoms with Crippen molar-refractivity contribution in [1.82, 2.24) is 5.32 Å². The zero-order valence-electron chi connectivity index (χ0n) is 10.2. The summed E-state index contributed by atoms with van der Waals surface area (Å²) in [5, 5.41) is 11.9. The number of hydrogen-bond acceptors (Lipinski definition) is 2. The van der Waals surface area contributed by atoms with Gasteiger partial charge in [0.1, 0.15) is 16.9 Å². The molecule has 0 aliphatic heterocycles. The van der Waals surface area contributed by atoms with Gasteiger partial charge in [0.2, 0.25) is 0 Å². The Morgan fingerprint density at radius 1 is 1.47 bits per heavy atom. The lowest BCUT2D eigenvalue weighted by Gasteiger charge is -2.18. The molecular formula is C12H15FN2SSi. The molecule has 2 nitrogen and oxygen atoms in total. The summed E-state index contributed by atoms with van der Waals surface area (Å²) in [6.07, 6.45) is 0.866. The molecule has 0 bridgehead atoms. The van der Waals surface area contributed by atoms with Crippen LogP contribution < -0.4 is 5.32 Å². The summed E-state index contributed by atoms with van der Waals surface area (Å²) in [5.41, 5.74) is 0.718. The number of benzene rings is 1. The summed E-state index contributed by atoms with van der Waals surface area (Å²) in [5.74, 6) is -0.510. The minimum atomic E-state index is -1.22. The fraction of sp³-hybridized carbons (Fsp3) is 0.333. The Labute approximate surface area is 107 Å². The Morgan fingerprint density at radius 2 is 2.12 bits per heavy atom. The number of hydrogen-bond donors (Lipinski definition) is 1. The molecule has 0 fully saturated rings. The second-order valence-electron chi connectivity index (χ2n) is 5.05. The van der Waals surface area contributed by atoms with Crippen LogP contribution in [0, 0.1) is 17.1 Å². The monoisotopic (exact) mass is 266 g/mol. The van der Waals surface area contributed by atoms with Gasteiger partial charge in [0, 0.05) is 11.7 Å². The third kappa shape index (κ3) is 4.25. The van der Waals surface area contributed by atoms with Crippen molar-refractivity contribution < 1.29 is 4.39 Å². The van der Waals surface area contributed by atoms with Gasteiger partial charge in [0.15, 0.2) is 0 Å². The Morgan fingerprint density at radius 3 is 2.65 bits per heavy atom. The first-order valence-electron chi connectivity index (χ1n) is 5.31. The molecule has 0 heterocycles. The van der Waals surface area contributed by atoms with Crippen molar-refractivity contribution in [3.05, 3.63) is 35.1 Å². The van der Waals surface area contributed by atoms with E-state index in [4.69, 9.17) is 17.5 Å². The first kappa shape index (κ1) is 13.8. The maximum Gasteiger partial charge on any atom is 0.140 e. The van der Waals surface area contributed by atoms with Crippen LogP contribution >= 0.6 is 12.2 Å². The predicted molar refractivity (Wildman–Crippen MR) is 74.2 cm³/mol. The SMILES string of the molecule is C[Si](C)(C)CNC(=S)c1ccc(F)c(C#N)c1. The molecule has 1 aromatic carbocycles. The molecule has 0 aromatic heterocycles. The summed E-state index contributed by atoms with van der Waals surface area (Å²) in [6, 6.07) is 6.16. The highest BCUT2D eigenvalue weighted by atomic mass is 32.1. The van der Waals surface area contributed by atoms with Crippen LogP contribution in [0.4, 0.5) is 4.39 Å². The average molecular weight is 266 g/mol. The van der Waals surface area contributed by atoms with Crippen LogP contribution in [0.25, 0.3) is 0 Å². The average Bonchev–Trinajstić information content (AvgIpc) is 2.25. The van der Waals surface area contributed by atoms with E-state index in [-0.39, 0.29) is 5.56 Å². The van der Waals surface area contributed by atoms with E-state index in [0.717, 1.165) is 6.17 Å². The molecule has 0 unspecified atom stereocenters. The molecule has 0 atom stereocenters. The Balaban J connectivity index is 2.81. The summed E-state index contributed by atoms with van der Waals surface area (Å²) in [7, 11) is -1.22. The topological polar surface area (TPSA) is 35.8 Å². The molecule has 1 rings (SSSR count). The number of rotatable bonds is 3. The molecule has 90 valence electrons. The van der Waals surface area contributed by atoms with Crippen molar-refractivity contribution in [2.24, 2.45) is 0 Å². The van der Waals surface area contributed by atoms with E-state index in [0.29, 0.717) is 10.6 Å². The third-order valence-corrected chi connectivity index (χ3v) is 3.75. The Hall–Kier alpha value is -1.25. The maximum atomic E-state index is 13.1. The molecule has 1 aromatic rings. The van der Waals surface area contributed by atoms with Gasteiger partial charge in [-0.05, 0) is 18.2 Å². The Kier molecular flexibility index (Phi) is 4.38. The quantitative estimate of drug-likeness (QED) is 0.675. The largest absolute Gasteiger partial charge is 0.379 e. The lowest BCUT2D eigenvalue weighted by atomic mass is 10.1. The highest BCUT2D eigenvalue weighted by Crippen LogP contribution is 2.10. The van der Waals surface area contributed by atoms with Gasteiger partial charge in [-0.15, -0.1) is 0 Å². The van der Waals surface area contributed by atoms with E-state index in [2.05, 4.69) is 25.0 Å². The van der Waals surface area contributed by atoms with Gasteiger partial charge < -0.3 is 5.32 Å². The smallest absolute Gasteiger partial charge is 0.140 e. The number of nitriles is 1. The minimum absolute atomic E-state index is 0.0275. The fourth-order valence-electron chi connectivity index (χ4n) is 1.20. The van der Waals surface area contributed by atoms with E-state index in [9.17, 15) is 4.39 Å². The van der Waals surface area contributed by atoms with Crippen molar-refractivity contribution in [1.29, 1.82) is 5.26 Å². The molecule has 0 radical (unpaired) electrons. The van der Waals surface area contributed by atoms with Crippen molar-refractivity contribution in [2.45, 2.75) is 19.6 Å². The van der Waals surface area contributed by atoms with Crippen LogP contribution in [0.15, 0.2) is 18.2 Å². The van der Waals surface area contributed by atoms with E-state index >= 15 is 0 Å². The molecule has 0 spiro atoms. The third-order valence-electron chi connectivity index (χ3n) is 2.13. The molecule has 0 saturated carbocycles. The number of thiocarbonyl (C=S) groups is 1. The molecule has 0 aliphatic carbocycles. The molecule has 17 heavy (non-hydrogen) atoms.